The van der Waals surface area contributed by atoms with E-state index in [1.807, 2.05) is 56.6 Å². The molecular formula is C19H18N4O2S. The quantitative estimate of drug-likeness (QED) is 0.523. The molecule has 0 aliphatic heterocycles. The number of furan rings is 1. The van der Waals surface area contributed by atoms with Crippen LogP contribution in [-0.4, -0.2) is 22.0 Å². The van der Waals surface area contributed by atoms with E-state index < -0.39 is 0 Å². The summed E-state index contributed by atoms with van der Waals surface area (Å²) in [6, 6.07) is 11.8. The maximum atomic E-state index is 5.94. The number of para-hydroxylation sites is 1. The number of nitrogens with zero attached hydrogens (tertiary/aromatic N) is 2. The third kappa shape index (κ3) is 2.86. The molecule has 0 aliphatic carbocycles. The maximum Gasteiger partial charge on any atom is 0.175 e. The number of rotatable bonds is 3. The average Bonchev–Trinajstić information content (AvgIpc) is 3.12. The second kappa shape index (κ2) is 6.34. The molecule has 2 N–H and O–H groups in total. The van der Waals surface area contributed by atoms with Gasteiger partial charge in [0.05, 0.1) is 24.2 Å². The van der Waals surface area contributed by atoms with E-state index in [9.17, 15) is 0 Å². The Bertz CT molecular complexity index is 1130. The number of thiocarbonyl (C=S) groups is 1. The standard InChI is InChI=1S/C19H18N4O2S/c1-11-15(10-23(2)22-11)21-19(26)20-14-9-17-13(8-18(14)24-3)12-6-4-5-7-16(12)25-17/h4-10H,1-3H3,(H2,20,21,26). The lowest BCUT2D eigenvalue weighted by atomic mass is 10.1. The average molecular weight is 366 g/mol. The Morgan fingerprint density at radius 1 is 1.12 bits per heavy atom. The van der Waals surface area contributed by atoms with Crippen LogP contribution in [0.2, 0.25) is 0 Å². The summed E-state index contributed by atoms with van der Waals surface area (Å²) in [5, 5.41) is 13.1. The van der Waals surface area contributed by atoms with Crippen molar-refractivity contribution in [2.24, 2.45) is 7.05 Å². The first-order valence-electron chi connectivity index (χ1n) is 8.12. The normalized spacial score (nSPS) is 11.0. The van der Waals surface area contributed by atoms with Gasteiger partial charge < -0.3 is 19.8 Å². The highest BCUT2D eigenvalue weighted by Crippen LogP contribution is 2.36. The first kappa shape index (κ1) is 16.4. The molecule has 4 rings (SSSR count). The van der Waals surface area contributed by atoms with Gasteiger partial charge >= 0.3 is 0 Å². The van der Waals surface area contributed by atoms with Crippen molar-refractivity contribution in [3.8, 4) is 5.75 Å². The minimum Gasteiger partial charge on any atom is -0.495 e. The van der Waals surface area contributed by atoms with Gasteiger partial charge in [-0.2, -0.15) is 5.10 Å². The summed E-state index contributed by atoms with van der Waals surface area (Å²) in [6.07, 6.45) is 1.88. The molecule has 2 aromatic carbocycles. The second-order valence-corrected chi connectivity index (χ2v) is 6.44. The molecule has 0 saturated carbocycles. The predicted octanol–water partition coefficient (Wildman–Crippen LogP) is 4.45. The highest BCUT2D eigenvalue weighted by molar-refractivity contribution is 7.80. The molecule has 0 radical (unpaired) electrons. The largest absolute Gasteiger partial charge is 0.495 e. The Kier molecular flexibility index (Phi) is 4.00. The third-order valence-corrected chi connectivity index (χ3v) is 4.41. The van der Waals surface area contributed by atoms with E-state index in [1.54, 1.807) is 11.8 Å². The molecule has 0 spiro atoms. The van der Waals surface area contributed by atoms with Crippen molar-refractivity contribution in [1.82, 2.24) is 9.78 Å². The molecule has 26 heavy (non-hydrogen) atoms. The van der Waals surface area contributed by atoms with Gasteiger partial charge in [0.1, 0.15) is 16.9 Å². The Hall–Kier alpha value is -3.06. The lowest BCUT2D eigenvalue weighted by Gasteiger charge is -2.13. The summed E-state index contributed by atoms with van der Waals surface area (Å²) < 4.78 is 13.2. The molecule has 0 unspecified atom stereocenters. The highest BCUT2D eigenvalue weighted by atomic mass is 32.1. The number of fused-ring (bicyclic) bond motifs is 3. The number of aryl methyl sites for hydroxylation is 2. The zero-order valence-corrected chi connectivity index (χ0v) is 15.5. The topological polar surface area (TPSA) is 64.2 Å². The van der Waals surface area contributed by atoms with Crippen molar-refractivity contribution in [1.29, 1.82) is 0 Å². The van der Waals surface area contributed by atoms with Gasteiger partial charge in [0.2, 0.25) is 0 Å². The maximum absolute atomic E-state index is 5.94. The van der Waals surface area contributed by atoms with Crippen molar-refractivity contribution in [3.05, 3.63) is 48.3 Å². The summed E-state index contributed by atoms with van der Waals surface area (Å²) in [6.45, 7) is 1.92. The summed E-state index contributed by atoms with van der Waals surface area (Å²) in [5.74, 6) is 0.691. The van der Waals surface area contributed by atoms with Gasteiger partial charge in [0, 0.05) is 30.1 Å². The van der Waals surface area contributed by atoms with Crippen LogP contribution in [0.4, 0.5) is 11.4 Å². The number of benzene rings is 2. The van der Waals surface area contributed by atoms with Crippen LogP contribution in [-0.2, 0) is 7.05 Å². The molecule has 0 aliphatic rings. The van der Waals surface area contributed by atoms with Crippen LogP contribution >= 0.6 is 12.2 Å². The highest BCUT2D eigenvalue weighted by Gasteiger charge is 2.13. The number of hydrogen-bond donors (Lipinski definition) is 2. The van der Waals surface area contributed by atoms with Crippen molar-refractivity contribution in [2.75, 3.05) is 17.7 Å². The first-order chi connectivity index (χ1) is 12.5. The van der Waals surface area contributed by atoms with Gasteiger partial charge in [-0.1, -0.05) is 18.2 Å². The Morgan fingerprint density at radius 2 is 1.88 bits per heavy atom. The van der Waals surface area contributed by atoms with Crippen molar-refractivity contribution >= 4 is 50.6 Å². The lowest BCUT2D eigenvalue weighted by Crippen LogP contribution is -2.19. The van der Waals surface area contributed by atoms with E-state index in [1.165, 1.54) is 0 Å². The van der Waals surface area contributed by atoms with Crippen molar-refractivity contribution in [2.45, 2.75) is 6.92 Å². The number of methoxy groups -OCH3 is 1. The molecule has 0 saturated heterocycles. The number of hydrogen-bond acceptors (Lipinski definition) is 4. The van der Waals surface area contributed by atoms with Crippen molar-refractivity contribution < 1.29 is 9.15 Å². The van der Waals surface area contributed by atoms with Crippen LogP contribution in [0.3, 0.4) is 0 Å². The summed E-state index contributed by atoms with van der Waals surface area (Å²) in [4.78, 5) is 0. The Balaban J connectivity index is 1.67. The van der Waals surface area contributed by atoms with Gasteiger partial charge in [0.15, 0.2) is 5.11 Å². The molecule has 7 heteroatoms. The second-order valence-electron chi connectivity index (χ2n) is 6.03. The molecule has 6 nitrogen and oxygen atoms in total. The van der Waals surface area contributed by atoms with Crippen molar-refractivity contribution in [3.63, 3.8) is 0 Å². The molecule has 0 bridgehead atoms. The van der Waals surface area contributed by atoms with E-state index >= 15 is 0 Å². The minimum absolute atomic E-state index is 0.454. The Labute approximate surface area is 155 Å². The van der Waals surface area contributed by atoms with Crippen LogP contribution in [0.5, 0.6) is 5.75 Å². The molecule has 2 aromatic heterocycles. The third-order valence-electron chi connectivity index (χ3n) is 4.21. The number of nitrogens with one attached hydrogen (secondary N) is 2. The van der Waals surface area contributed by atoms with Crippen LogP contribution in [0.1, 0.15) is 5.69 Å². The minimum atomic E-state index is 0.454. The van der Waals surface area contributed by atoms with Gasteiger partial charge in [0.25, 0.3) is 0 Å². The summed E-state index contributed by atoms with van der Waals surface area (Å²) in [7, 11) is 3.50. The fourth-order valence-corrected chi connectivity index (χ4v) is 3.24. The van der Waals surface area contributed by atoms with E-state index in [4.69, 9.17) is 21.4 Å². The van der Waals surface area contributed by atoms with E-state index in [-0.39, 0.29) is 0 Å². The lowest BCUT2D eigenvalue weighted by molar-refractivity contribution is 0.417. The van der Waals surface area contributed by atoms with E-state index in [0.29, 0.717) is 10.9 Å². The van der Waals surface area contributed by atoms with Crippen LogP contribution in [0.15, 0.2) is 47.0 Å². The number of aromatic nitrogens is 2. The van der Waals surface area contributed by atoms with Gasteiger partial charge in [-0.25, -0.2) is 0 Å². The summed E-state index contributed by atoms with van der Waals surface area (Å²) >= 11 is 5.44. The van der Waals surface area contributed by atoms with E-state index in [2.05, 4.69) is 15.7 Å². The fourth-order valence-electron chi connectivity index (χ4n) is 3.02. The van der Waals surface area contributed by atoms with Crippen LogP contribution in [0, 0.1) is 6.92 Å². The molecule has 2 heterocycles. The van der Waals surface area contributed by atoms with E-state index in [0.717, 1.165) is 39.0 Å². The monoisotopic (exact) mass is 366 g/mol. The van der Waals surface area contributed by atoms with Gasteiger partial charge in [-0.05, 0) is 31.3 Å². The number of anilines is 2. The van der Waals surface area contributed by atoms with Gasteiger partial charge in [-0.3, -0.25) is 4.68 Å². The number of ether oxygens (including phenoxy) is 1. The summed E-state index contributed by atoms with van der Waals surface area (Å²) in [5.41, 5.74) is 4.08. The van der Waals surface area contributed by atoms with Crippen LogP contribution < -0.4 is 15.4 Å². The zero-order chi connectivity index (χ0) is 18.3. The van der Waals surface area contributed by atoms with Crippen LogP contribution in [0.25, 0.3) is 21.9 Å². The zero-order valence-electron chi connectivity index (χ0n) is 14.7. The Morgan fingerprint density at radius 3 is 2.62 bits per heavy atom. The molecule has 132 valence electrons. The SMILES string of the molecule is COc1cc2c(cc1NC(=S)Nc1cn(C)nc1C)oc1ccccc12. The molecule has 0 atom stereocenters. The molecule has 4 aromatic rings. The van der Waals surface area contributed by atoms with Gasteiger partial charge in [-0.15, -0.1) is 0 Å². The molecule has 0 amide bonds. The predicted molar refractivity (Wildman–Crippen MR) is 108 cm³/mol. The smallest absolute Gasteiger partial charge is 0.175 e. The molecular weight excluding hydrogens is 348 g/mol. The fraction of sp³-hybridized carbons (Fsp3) is 0.158. The first-order valence-corrected chi connectivity index (χ1v) is 8.53. The molecule has 0 fully saturated rings.